The number of imidazole rings is 2. The molecule has 0 amide bonds. The lowest BCUT2D eigenvalue weighted by Crippen LogP contribution is -2.09. The fraction of sp³-hybridized carbons (Fsp3) is 0.200. The average molecular weight is 380 g/mol. The molecule has 4 aromatic rings. The van der Waals surface area contributed by atoms with Gasteiger partial charge in [0.1, 0.15) is 11.5 Å². The summed E-state index contributed by atoms with van der Waals surface area (Å²) in [5.41, 5.74) is 3.22. The minimum atomic E-state index is 0.0356. The molecular formula is C20H18ClN5O. The maximum absolute atomic E-state index is 11.7. The van der Waals surface area contributed by atoms with E-state index in [-0.39, 0.29) is 5.78 Å². The third-order valence-corrected chi connectivity index (χ3v) is 4.76. The molecule has 0 aliphatic carbocycles. The first-order valence-electron chi connectivity index (χ1n) is 8.70. The summed E-state index contributed by atoms with van der Waals surface area (Å²) in [6.07, 6.45) is 5.31. The fourth-order valence-corrected chi connectivity index (χ4v) is 3.38. The van der Waals surface area contributed by atoms with Gasteiger partial charge in [-0.1, -0.05) is 11.6 Å². The fourth-order valence-electron chi connectivity index (χ4n) is 3.22. The van der Waals surface area contributed by atoms with Gasteiger partial charge in [-0.15, -0.1) is 0 Å². The topological polar surface area (TPSA) is 65.6 Å². The van der Waals surface area contributed by atoms with Crippen molar-refractivity contribution in [3.63, 3.8) is 0 Å². The quantitative estimate of drug-likeness (QED) is 0.487. The molecular weight excluding hydrogens is 362 g/mol. The normalized spacial score (nSPS) is 11.2. The van der Waals surface area contributed by atoms with Crippen LogP contribution in [0.2, 0.25) is 5.02 Å². The molecule has 0 saturated carbocycles. The predicted molar refractivity (Wildman–Crippen MR) is 105 cm³/mol. The summed E-state index contributed by atoms with van der Waals surface area (Å²) in [5.74, 6) is 1.67. The van der Waals surface area contributed by atoms with E-state index < -0.39 is 0 Å². The van der Waals surface area contributed by atoms with Crippen molar-refractivity contribution in [2.24, 2.45) is 0 Å². The number of nitrogens with zero attached hydrogens (tertiary/aromatic N) is 5. The lowest BCUT2D eigenvalue weighted by Gasteiger charge is -2.09. The molecule has 0 atom stereocenters. The molecule has 0 saturated heterocycles. The highest BCUT2D eigenvalue weighted by Crippen LogP contribution is 2.22. The van der Waals surface area contributed by atoms with Crippen molar-refractivity contribution in [1.29, 1.82) is 0 Å². The molecule has 0 unspecified atom stereocenters. The summed E-state index contributed by atoms with van der Waals surface area (Å²) in [7, 11) is 0. The van der Waals surface area contributed by atoms with Crippen molar-refractivity contribution in [2.45, 2.75) is 26.9 Å². The first kappa shape index (κ1) is 17.4. The summed E-state index contributed by atoms with van der Waals surface area (Å²) < 4.78 is 4.15. The van der Waals surface area contributed by atoms with Crippen LogP contribution in [0.3, 0.4) is 0 Å². The summed E-state index contributed by atoms with van der Waals surface area (Å²) in [5, 5.41) is 0.618. The largest absolute Gasteiger partial charge is 0.327 e. The Morgan fingerprint density at radius 3 is 2.74 bits per heavy atom. The van der Waals surface area contributed by atoms with Crippen LogP contribution in [0.5, 0.6) is 0 Å². The van der Waals surface area contributed by atoms with E-state index in [0.29, 0.717) is 22.8 Å². The molecule has 0 aliphatic heterocycles. The maximum Gasteiger partial charge on any atom is 0.159 e. The second-order valence-electron chi connectivity index (χ2n) is 6.27. The molecule has 136 valence electrons. The molecule has 0 radical (unpaired) electrons. The molecule has 4 rings (SSSR count). The zero-order valence-electron chi connectivity index (χ0n) is 15.1. The minimum Gasteiger partial charge on any atom is -0.327 e. The number of fused-ring (bicyclic) bond motifs is 1. The summed E-state index contributed by atoms with van der Waals surface area (Å²) in [6, 6.07) is 9.19. The van der Waals surface area contributed by atoms with Crippen molar-refractivity contribution in [3.8, 4) is 11.5 Å². The lowest BCUT2D eigenvalue weighted by molar-refractivity contribution is 0.101. The van der Waals surface area contributed by atoms with Crippen LogP contribution in [-0.2, 0) is 13.1 Å². The van der Waals surface area contributed by atoms with Crippen molar-refractivity contribution < 1.29 is 4.79 Å². The zero-order chi connectivity index (χ0) is 19.0. The van der Waals surface area contributed by atoms with Crippen molar-refractivity contribution in [3.05, 3.63) is 65.3 Å². The monoisotopic (exact) mass is 379 g/mol. The van der Waals surface area contributed by atoms with Gasteiger partial charge in [-0.3, -0.25) is 9.78 Å². The van der Waals surface area contributed by atoms with Crippen molar-refractivity contribution in [1.82, 2.24) is 24.1 Å². The van der Waals surface area contributed by atoms with E-state index in [1.54, 1.807) is 31.5 Å². The van der Waals surface area contributed by atoms with Crippen LogP contribution >= 0.6 is 11.6 Å². The van der Waals surface area contributed by atoms with Crippen LogP contribution < -0.4 is 0 Å². The van der Waals surface area contributed by atoms with Crippen LogP contribution in [0.1, 0.15) is 30.0 Å². The van der Waals surface area contributed by atoms with Gasteiger partial charge in [0.2, 0.25) is 0 Å². The van der Waals surface area contributed by atoms with E-state index in [0.717, 1.165) is 29.2 Å². The number of aromatic nitrogens is 5. The Labute approximate surface area is 161 Å². The number of rotatable bonds is 5. The van der Waals surface area contributed by atoms with Crippen molar-refractivity contribution >= 4 is 28.4 Å². The van der Waals surface area contributed by atoms with Crippen LogP contribution in [0.25, 0.3) is 22.6 Å². The SMILES string of the molecule is CCn1c(Cn2ccnc2-c2cc(Cl)ccn2)nc2cc(C(C)=O)ccc21. The number of ketones is 1. The number of hydrogen-bond acceptors (Lipinski definition) is 4. The number of Topliss-reactive ketones (excluding diaryl/α,β-unsaturated/α-hetero) is 1. The molecule has 0 spiro atoms. The lowest BCUT2D eigenvalue weighted by atomic mass is 10.1. The Morgan fingerprint density at radius 2 is 2.00 bits per heavy atom. The maximum atomic E-state index is 11.7. The van der Waals surface area contributed by atoms with Gasteiger partial charge in [-0.2, -0.15) is 0 Å². The van der Waals surface area contributed by atoms with Crippen molar-refractivity contribution in [2.75, 3.05) is 0 Å². The van der Waals surface area contributed by atoms with Crippen LogP contribution in [0.15, 0.2) is 48.9 Å². The smallest absolute Gasteiger partial charge is 0.159 e. The van der Waals surface area contributed by atoms with E-state index in [1.165, 1.54) is 0 Å². The Morgan fingerprint density at radius 1 is 1.15 bits per heavy atom. The molecule has 3 aromatic heterocycles. The molecule has 7 heteroatoms. The minimum absolute atomic E-state index is 0.0356. The second-order valence-corrected chi connectivity index (χ2v) is 6.71. The molecule has 0 aliphatic rings. The second kappa shape index (κ2) is 6.96. The molecule has 0 N–H and O–H groups in total. The first-order chi connectivity index (χ1) is 13.1. The predicted octanol–water partition coefficient (Wildman–Crippen LogP) is 4.22. The molecule has 3 heterocycles. The number of aryl methyl sites for hydroxylation is 1. The van der Waals surface area contributed by atoms with Crippen LogP contribution in [0.4, 0.5) is 0 Å². The molecule has 1 aromatic carbocycles. The van der Waals surface area contributed by atoms with Gasteiger partial charge in [0.05, 0.1) is 17.6 Å². The van der Waals surface area contributed by atoms with Crippen LogP contribution in [0, 0.1) is 0 Å². The molecule has 0 bridgehead atoms. The van der Waals surface area contributed by atoms with E-state index in [9.17, 15) is 4.79 Å². The third kappa shape index (κ3) is 3.24. The van der Waals surface area contributed by atoms with Crippen LogP contribution in [-0.4, -0.2) is 29.9 Å². The van der Waals surface area contributed by atoms with Gasteiger partial charge in [0, 0.05) is 35.7 Å². The standard InChI is InChI=1S/C20H18ClN5O/c1-3-26-18-5-4-14(13(2)27)10-16(18)24-19(26)12-25-9-8-23-20(25)17-11-15(21)6-7-22-17/h4-11H,3,12H2,1-2H3. The van der Waals surface area contributed by atoms with Gasteiger partial charge in [-0.25, -0.2) is 9.97 Å². The summed E-state index contributed by atoms with van der Waals surface area (Å²) in [4.78, 5) is 25.2. The highest BCUT2D eigenvalue weighted by Gasteiger charge is 2.14. The summed E-state index contributed by atoms with van der Waals surface area (Å²) >= 11 is 6.09. The number of carbonyl (C=O) groups excluding carboxylic acids is 1. The van der Waals surface area contributed by atoms with E-state index in [4.69, 9.17) is 16.6 Å². The number of benzene rings is 1. The van der Waals surface area contributed by atoms with Gasteiger partial charge >= 0.3 is 0 Å². The first-order valence-corrected chi connectivity index (χ1v) is 9.07. The number of pyridine rings is 1. The Hall–Kier alpha value is -2.99. The van der Waals surface area contributed by atoms with E-state index in [2.05, 4.69) is 21.5 Å². The molecule has 6 nitrogen and oxygen atoms in total. The van der Waals surface area contributed by atoms with Gasteiger partial charge < -0.3 is 9.13 Å². The summed E-state index contributed by atoms with van der Waals surface area (Å²) in [6.45, 7) is 4.97. The Bertz CT molecular complexity index is 1140. The molecule has 27 heavy (non-hydrogen) atoms. The van der Waals surface area contributed by atoms with E-state index in [1.807, 2.05) is 29.0 Å². The molecule has 0 fully saturated rings. The highest BCUT2D eigenvalue weighted by molar-refractivity contribution is 6.30. The van der Waals surface area contributed by atoms with E-state index >= 15 is 0 Å². The van der Waals surface area contributed by atoms with Gasteiger partial charge in [0.25, 0.3) is 0 Å². The Kier molecular flexibility index (Phi) is 4.49. The number of halogens is 1. The number of carbonyl (C=O) groups is 1. The number of hydrogen-bond donors (Lipinski definition) is 0. The Balaban J connectivity index is 1.76. The highest BCUT2D eigenvalue weighted by atomic mass is 35.5. The third-order valence-electron chi connectivity index (χ3n) is 4.53. The zero-order valence-corrected chi connectivity index (χ0v) is 15.8. The van der Waals surface area contributed by atoms with Gasteiger partial charge in [0.15, 0.2) is 11.6 Å². The average Bonchev–Trinajstić information content (AvgIpc) is 3.25. The van der Waals surface area contributed by atoms with Gasteiger partial charge in [-0.05, 0) is 44.2 Å².